The molecule has 1 aliphatic rings. The van der Waals surface area contributed by atoms with Crippen molar-refractivity contribution in [2.24, 2.45) is 0 Å². The third-order valence-electron chi connectivity index (χ3n) is 3.67. The molecule has 138 valence electrons. The molecule has 0 radical (unpaired) electrons. The lowest BCUT2D eigenvalue weighted by atomic mass is 10.1. The number of nitrogens with zero attached hydrogens (tertiary/aromatic N) is 2. The van der Waals surface area contributed by atoms with Crippen LogP contribution in [0.3, 0.4) is 0 Å². The maximum atomic E-state index is 13.1. The molecule has 1 N–H and O–H groups in total. The van der Waals surface area contributed by atoms with Crippen molar-refractivity contribution in [2.75, 3.05) is 12.0 Å². The van der Waals surface area contributed by atoms with Crippen molar-refractivity contribution in [1.29, 1.82) is 0 Å². The number of anilines is 1. The Balaban J connectivity index is 2.00. The molecule has 1 amide bonds. The Bertz CT molecular complexity index is 992. The zero-order valence-corrected chi connectivity index (χ0v) is 15.3. The average molecular weight is 406 g/mol. The second kappa shape index (κ2) is 7.33. The van der Waals surface area contributed by atoms with Gasteiger partial charge in [-0.3, -0.25) is 19.8 Å². The minimum absolute atomic E-state index is 0.0931. The maximum absolute atomic E-state index is 13.1. The number of phenols is 1. The molecule has 0 saturated carbocycles. The van der Waals surface area contributed by atoms with Crippen LogP contribution in [0.1, 0.15) is 5.56 Å². The molecule has 0 spiro atoms. The first-order valence-electron chi connectivity index (χ1n) is 7.40. The molecule has 0 aromatic heterocycles. The number of nitro benzene ring substituents is 1. The minimum atomic E-state index is -0.751. The summed E-state index contributed by atoms with van der Waals surface area (Å²) in [6, 6.07) is 7.78. The van der Waals surface area contributed by atoms with Crippen LogP contribution in [-0.4, -0.2) is 27.4 Å². The van der Waals surface area contributed by atoms with Crippen LogP contribution < -0.4 is 9.64 Å². The molecule has 0 unspecified atom stereocenters. The zero-order valence-electron chi connectivity index (χ0n) is 13.7. The van der Waals surface area contributed by atoms with Crippen molar-refractivity contribution in [3.63, 3.8) is 0 Å². The van der Waals surface area contributed by atoms with Gasteiger partial charge >= 0.3 is 5.69 Å². The summed E-state index contributed by atoms with van der Waals surface area (Å²) in [6.07, 6.45) is 1.41. The van der Waals surface area contributed by atoms with Crippen molar-refractivity contribution < 1.29 is 24.0 Å². The number of hydrogen-bond donors (Lipinski definition) is 1. The van der Waals surface area contributed by atoms with Crippen LogP contribution in [-0.2, 0) is 4.79 Å². The third-order valence-corrected chi connectivity index (χ3v) is 4.97. The van der Waals surface area contributed by atoms with Gasteiger partial charge in [-0.05, 0) is 42.0 Å². The topological polar surface area (TPSA) is 92.9 Å². The van der Waals surface area contributed by atoms with Gasteiger partial charge in [-0.2, -0.15) is 0 Å². The van der Waals surface area contributed by atoms with E-state index in [9.17, 15) is 24.4 Å². The molecule has 10 heteroatoms. The van der Waals surface area contributed by atoms with E-state index in [4.69, 9.17) is 17.0 Å². The molecule has 0 atom stereocenters. The van der Waals surface area contributed by atoms with Crippen molar-refractivity contribution in [3.8, 4) is 11.5 Å². The van der Waals surface area contributed by atoms with Gasteiger partial charge in [0.05, 0.1) is 22.6 Å². The van der Waals surface area contributed by atoms with E-state index in [1.165, 1.54) is 48.4 Å². The highest BCUT2D eigenvalue weighted by atomic mass is 32.2. The number of hydrogen-bond acceptors (Lipinski definition) is 7. The summed E-state index contributed by atoms with van der Waals surface area (Å²) < 4.78 is 18.3. The molecule has 1 saturated heterocycles. The molecule has 1 fully saturated rings. The molecule has 1 aliphatic heterocycles. The van der Waals surface area contributed by atoms with Gasteiger partial charge < -0.3 is 9.84 Å². The summed E-state index contributed by atoms with van der Waals surface area (Å²) in [7, 11) is 1.26. The Labute approximate surface area is 162 Å². The van der Waals surface area contributed by atoms with Gasteiger partial charge in [0.15, 0.2) is 10.1 Å². The van der Waals surface area contributed by atoms with Crippen molar-refractivity contribution in [2.45, 2.75) is 0 Å². The highest BCUT2D eigenvalue weighted by molar-refractivity contribution is 8.27. The Morgan fingerprint density at radius 2 is 2.00 bits per heavy atom. The van der Waals surface area contributed by atoms with Crippen LogP contribution >= 0.6 is 24.0 Å². The lowest BCUT2D eigenvalue weighted by molar-refractivity contribution is -0.386. The SMILES string of the molecule is COc1cc(/C=C2\SC(=S)N(c3ccc(F)cc3)C2=O)cc([N+](=O)[O-])c1O. The van der Waals surface area contributed by atoms with Gasteiger partial charge in [0.1, 0.15) is 5.82 Å². The number of benzene rings is 2. The summed E-state index contributed by atoms with van der Waals surface area (Å²) in [4.78, 5) is 24.5. The molecule has 3 rings (SSSR count). The molecule has 7 nitrogen and oxygen atoms in total. The standard InChI is InChI=1S/C17H11FN2O5S2/c1-25-13-7-9(6-12(15(13)21)20(23)24)8-14-16(22)19(17(26)27-14)11-4-2-10(18)3-5-11/h2-8,21H,1H3/b14-8-. The summed E-state index contributed by atoms with van der Waals surface area (Å²) >= 11 is 6.23. The molecule has 0 bridgehead atoms. The second-order valence-corrected chi connectivity index (χ2v) is 7.02. The zero-order chi connectivity index (χ0) is 19.7. The van der Waals surface area contributed by atoms with E-state index < -0.39 is 28.1 Å². The van der Waals surface area contributed by atoms with Gasteiger partial charge in [-0.15, -0.1) is 0 Å². The van der Waals surface area contributed by atoms with Crippen molar-refractivity contribution >= 4 is 51.7 Å². The van der Waals surface area contributed by atoms with Crippen LogP contribution in [0, 0.1) is 15.9 Å². The number of aromatic hydroxyl groups is 1. The van der Waals surface area contributed by atoms with Crippen LogP contribution in [0.15, 0.2) is 41.3 Å². The Morgan fingerprint density at radius 3 is 2.59 bits per heavy atom. The number of methoxy groups -OCH3 is 1. The van der Waals surface area contributed by atoms with Gasteiger partial charge in [-0.1, -0.05) is 24.0 Å². The highest BCUT2D eigenvalue weighted by Crippen LogP contribution is 2.40. The largest absolute Gasteiger partial charge is 0.500 e. The number of thioether (sulfide) groups is 1. The Morgan fingerprint density at radius 1 is 1.33 bits per heavy atom. The quantitative estimate of drug-likeness (QED) is 0.357. The highest BCUT2D eigenvalue weighted by Gasteiger charge is 2.33. The normalized spacial score (nSPS) is 15.5. The van der Waals surface area contributed by atoms with Gasteiger partial charge in [0.2, 0.25) is 5.75 Å². The van der Waals surface area contributed by atoms with Crippen molar-refractivity contribution in [3.05, 3.63) is 62.8 Å². The number of rotatable bonds is 4. The lowest BCUT2D eigenvalue weighted by Crippen LogP contribution is -2.27. The summed E-state index contributed by atoms with van der Waals surface area (Å²) in [5.41, 5.74) is 0.155. The van der Waals surface area contributed by atoms with E-state index >= 15 is 0 Å². The second-order valence-electron chi connectivity index (χ2n) is 5.34. The van der Waals surface area contributed by atoms with Crippen LogP contribution in [0.25, 0.3) is 6.08 Å². The fraction of sp³-hybridized carbons (Fsp3) is 0.0588. The number of ether oxygens (including phenoxy) is 1. The summed E-state index contributed by atoms with van der Waals surface area (Å²) in [5, 5.41) is 20.9. The first-order valence-corrected chi connectivity index (χ1v) is 8.63. The van der Waals surface area contributed by atoms with Gasteiger partial charge in [0, 0.05) is 6.07 Å². The van der Waals surface area contributed by atoms with E-state index in [0.29, 0.717) is 5.69 Å². The number of carbonyl (C=O) groups is 1. The van der Waals surface area contributed by atoms with E-state index in [2.05, 4.69) is 0 Å². The summed E-state index contributed by atoms with van der Waals surface area (Å²) in [5.74, 6) is -1.57. The Kier molecular flexibility index (Phi) is 5.10. The monoisotopic (exact) mass is 406 g/mol. The van der Waals surface area contributed by atoms with E-state index in [1.807, 2.05) is 0 Å². The predicted molar refractivity (Wildman–Crippen MR) is 103 cm³/mol. The van der Waals surface area contributed by atoms with E-state index in [-0.39, 0.29) is 20.5 Å². The number of amides is 1. The molecule has 2 aromatic rings. The number of carbonyl (C=O) groups excluding carboxylic acids is 1. The molecule has 2 aromatic carbocycles. The number of nitro groups is 1. The maximum Gasteiger partial charge on any atom is 0.315 e. The predicted octanol–water partition coefficient (Wildman–Crippen LogP) is 3.85. The Hall–Kier alpha value is -2.98. The smallest absolute Gasteiger partial charge is 0.315 e. The van der Waals surface area contributed by atoms with E-state index in [0.717, 1.165) is 17.8 Å². The molecule has 1 heterocycles. The van der Waals surface area contributed by atoms with Crippen LogP contribution in [0.2, 0.25) is 0 Å². The fourth-order valence-electron chi connectivity index (χ4n) is 2.42. The third kappa shape index (κ3) is 3.62. The average Bonchev–Trinajstić information content (AvgIpc) is 2.90. The van der Waals surface area contributed by atoms with Crippen LogP contribution in [0.4, 0.5) is 15.8 Å². The molecule has 0 aliphatic carbocycles. The van der Waals surface area contributed by atoms with E-state index in [1.54, 1.807) is 0 Å². The van der Waals surface area contributed by atoms with Gasteiger partial charge in [-0.25, -0.2) is 4.39 Å². The first kappa shape index (κ1) is 18.8. The fourth-order valence-corrected chi connectivity index (χ4v) is 3.72. The molecular weight excluding hydrogens is 395 g/mol. The lowest BCUT2D eigenvalue weighted by Gasteiger charge is -2.14. The van der Waals surface area contributed by atoms with Crippen LogP contribution in [0.5, 0.6) is 11.5 Å². The summed E-state index contributed by atoms with van der Waals surface area (Å²) in [6.45, 7) is 0. The number of phenolic OH excluding ortho intramolecular Hbond substituents is 1. The number of thiocarbonyl (C=S) groups is 1. The first-order chi connectivity index (χ1) is 12.8. The van der Waals surface area contributed by atoms with Crippen molar-refractivity contribution in [1.82, 2.24) is 0 Å². The molecular formula is C17H11FN2O5S2. The molecule has 27 heavy (non-hydrogen) atoms. The minimum Gasteiger partial charge on any atom is -0.500 e. The number of halogens is 1. The van der Waals surface area contributed by atoms with Gasteiger partial charge in [0.25, 0.3) is 5.91 Å².